The lowest BCUT2D eigenvalue weighted by Gasteiger charge is -2.03. The van der Waals surface area contributed by atoms with Crippen molar-refractivity contribution in [2.75, 3.05) is 0 Å². The largest absolute Gasteiger partial charge is 0.341 e. The van der Waals surface area contributed by atoms with E-state index < -0.39 is 0 Å². The van der Waals surface area contributed by atoms with Crippen molar-refractivity contribution in [3.05, 3.63) is 83.7 Å². The lowest BCUT2D eigenvalue weighted by Crippen LogP contribution is -1.92. The van der Waals surface area contributed by atoms with Crippen LogP contribution in [0.1, 0.15) is 18.1 Å². The van der Waals surface area contributed by atoms with Crippen molar-refractivity contribution in [3.8, 4) is 6.07 Å². The van der Waals surface area contributed by atoms with Crippen LogP contribution >= 0.6 is 0 Å². The second kappa shape index (κ2) is 6.50. The van der Waals surface area contributed by atoms with Gasteiger partial charge in [-0.05, 0) is 54.5 Å². The van der Waals surface area contributed by atoms with Gasteiger partial charge < -0.3 is 4.57 Å². The molecule has 126 valence electrons. The summed E-state index contributed by atoms with van der Waals surface area (Å²) in [5.74, 6) is -0.306. The molecule has 0 fully saturated rings. The fraction of sp³-hybridized carbons (Fsp3) is 0.0870. The van der Waals surface area contributed by atoms with E-state index in [-0.39, 0.29) is 5.82 Å². The van der Waals surface area contributed by atoms with Crippen LogP contribution in [0.4, 0.5) is 4.39 Å². The Morgan fingerprint density at radius 2 is 1.73 bits per heavy atom. The topological polar surface area (TPSA) is 28.7 Å². The summed E-state index contributed by atoms with van der Waals surface area (Å²) in [5.41, 5.74) is 4.59. The van der Waals surface area contributed by atoms with Crippen LogP contribution in [0.15, 0.2) is 66.7 Å². The van der Waals surface area contributed by atoms with Gasteiger partial charge in [0.05, 0.1) is 11.6 Å². The smallest absolute Gasteiger partial charge is 0.123 e. The summed E-state index contributed by atoms with van der Waals surface area (Å²) < 4.78 is 15.4. The Morgan fingerprint density at radius 3 is 2.46 bits per heavy atom. The summed E-state index contributed by atoms with van der Waals surface area (Å²) in [5, 5.41) is 11.9. The van der Waals surface area contributed by atoms with Crippen LogP contribution in [0.25, 0.3) is 33.5 Å². The Bertz CT molecular complexity index is 1170. The van der Waals surface area contributed by atoms with E-state index in [1.807, 2.05) is 18.2 Å². The van der Waals surface area contributed by atoms with Gasteiger partial charge in [-0.15, -0.1) is 0 Å². The molecule has 26 heavy (non-hydrogen) atoms. The van der Waals surface area contributed by atoms with Crippen LogP contribution in [0, 0.1) is 17.1 Å². The first kappa shape index (κ1) is 16.1. The normalized spacial score (nSPS) is 11.8. The fourth-order valence-electron chi connectivity index (χ4n) is 3.48. The molecule has 0 amide bonds. The maximum atomic E-state index is 13.1. The molecule has 0 aliphatic heterocycles. The summed E-state index contributed by atoms with van der Waals surface area (Å²) in [6.07, 6.45) is 1.85. The molecule has 1 heterocycles. The van der Waals surface area contributed by atoms with Crippen LogP contribution in [-0.4, -0.2) is 4.57 Å². The number of allylic oxidation sites excluding steroid dienone is 1. The SMILES string of the molecule is CCn1c2ccccc2c2cc(/C=C(\C#N)c3ccc(F)cc3)ccc21. The lowest BCUT2D eigenvalue weighted by molar-refractivity contribution is 0.627. The van der Waals surface area contributed by atoms with Crippen molar-refractivity contribution in [2.24, 2.45) is 0 Å². The van der Waals surface area contributed by atoms with Crippen molar-refractivity contribution in [1.29, 1.82) is 5.26 Å². The predicted molar refractivity (Wildman–Crippen MR) is 105 cm³/mol. The van der Waals surface area contributed by atoms with Gasteiger partial charge >= 0.3 is 0 Å². The van der Waals surface area contributed by atoms with E-state index >= 15 is 0 Å². The molecule has 0 N–H and O–H groups in total. The molecule has 0 spiro atoms. The van der Waals surface area contributed by atoms with Crippen molar-refractivity contribution < 1.29 is 4.39 Å². The maximum Gasteiger partial charge on any atom is 0.123 e. The first-order chi connectivity index (χ1) is 12.7. The van der Waals surface area contributed by atoms with E-state index in [1.54, 1.807) is 12.1 Å². The number of nitrogens with zero attached hydrogens (tertiary/aromatic N) is 2. The third kappa shape index (κ3) is 2.66. The highest BCUT2D eigenvalue weighted by atomic mass is 19.1. The van der Waals surface area contributed by atoms with Gasteiger partial charge in [0.15, 0.2) is 0 Å². The van der Waals surface area contributed by atoms with Crippen LogP contribution in [-0.2, 0) is 6.54 Å². The molecule has 3 aromatic carbocycles. The minimum absolute atomic E-state index is 0.306. The zero-order chi connectivity index (χ0) is 18.1. The molecule has 3 heteroatoms. The van der Waals surface area contributed by atoms with Gasteiger partial charge in [-0.3, -0.25) is 0 Å². The second-order valence-electron chi connectivity index (χ2n) is 6.21. The maximum absolute atomic E-state index is 13.1. The quantitative estimate of drug-likeness (QED) is 0.331. The molecule has 0 atom stereocenters. The molecule has 0 aliphatic carbocycles. The van der Waals surface area contributed by atoms with E-state index in [1.165, 1.54) is 33.9 Å². The molecule has 4 rings (SSSR count). The number of hydrogen-bond donors (Lipinski definition) is 0. The summed E-state index contributed by atoms with van der Waals surface area (Å²) in [7, 11) is 0. The van der Waals surface area contributed by atoms with Crippen LogP contribution in [0.2, 0.25) is 0 Å². The monoisotopic (exact) mass is 340 g/mol. The third-order valence-electron chi connectivity index (χ3n) is 4.70. The zero-order valence-electron chi connectivity index (χ0n) is 14.4. The Morgan fingerprint density at radius 1 is 1.00 bits per heavy atom. The van der Waals surface area contributed by atoms with E-state index in [0.717, 1.165) is 12.1 Å². The third-order valence-corrected chi connectivity index (χ3v) is 4.70. The summed E-state index contributed by atoms with van der Waals surface area (Å²) >= 11 is 0. The van der Waals surface area contributed by atoms with Gasteiger partial charge in [0.2, 0.25) is 0 Å². The average Bonchev–Trinajstić information content (AvgIpc) is 3.00. The Hall–Kier alpha value is -3.38. The molecule has 4 aromatic rings. The predicted octanol–water partition coefficient (Wildman–Crippen LogP) is 6.02. The molecule has 2 nitrogen and oxygen atoms in total. The van der Waals surface area contributed by atoms with E-state index in [4.69, 9.17) is 0 Å². The number of hydrogen-bond acceptors (Lipinski definition) is 1. The molecular formula is C23H17FN2. The van der Waals surface area contributed by atoms with Crippen LogP contribution < -0.4 is 0 Å². The highest BCUT2D eigenvalue weighted by Crippen LogP contribution is 2.30. The van der Waals surface area contributed by atoms with Gasteiger partial charge in [-0.25, -0.2) is 4.39 Å². The molecule has 0 radical (unpaired) electrons. The Balaban J connectivity index is 1.88. The van der Waals surface area contributed by atoms with Crippen molar-refractivity contribution in [2.45, 2.75) is 13.5 Å². The van der Waals surface area contributed by atoms with E-state index in [2.05, 4.69) is 47.9 Å². The van der Waals surface area contributed by atoms with Gasteiger partial charge in [0.25, 0.3) is 0 Å². The molecule has 0 saturated heterocycles. The molecule has 0 unspecified atom stereocenters. The standard InChI is InChI=1S/C23H17FN2/c1-2-26-22-6-4-3-5-20(22)21-14-16(7-12-23(21)26)13-18(15-25)17-8-10-19(24)11-9-17/h3-14H,2H2,1H3/b18-13+. The highest BCUT2D eigenvalue weighted by Gasteiger charge is 2.09. The first-order valence-electron chi connectivity index (χ1n) is 8.60. The number of aryl methyl sites for hydroxylation is 1. The minimum Gasteiger partial charge on any atom is -0.341 e. The van der Waals surface area contributed by atoms with Gasteiger partial charge in [0, 0.05) is 28.4 Å². The molecule has 0 bridgehead atoms. The van der Waals surface area contributed by atoms with Crippen LogP contribution in [0.5, 0.6) is 0 Å². The number of aromatic nitrogens is 1. The van der Waals surface area contributed by atoms with E-state index in [0.29, 0.717) is 11.1 Å². The average molecular weight is 340 g/mol. The molecular weight excluding hydrogens is 323 g/mol. The van der Waals surface area contributed by atoms with Crippen molar-refractivity contribution in [1.82, 2.24) is 4.57 Å². The fourth-order valence-corrected chi connectivity index (χ4v) is 3.48. The van der Waals surface area contributed by atoms with Crippen molar-refractivity contribution in [3.63, 3.8) is 0 Å². The number of benzene rings is 3. The van der Waals surface area contributed by atoms with E-state index in [9.17, 15) is 9.65 Å². The Kier molecular flexibility index (Phi) is 4.02. The second-order valence-corrected chi connectivity index (χ2v) is 6.21. The number of nitriles is 1. The first-order valence-corrected chi connectivity index (χ1v) is 8.60. The number of fused-ring (bicyclic) bond motifs is 3. The van der Waals surface area contributed by atoms with Crippen LogP contribution in [0.3, 0.4) is 0 Å². The van der Waals surface area contributed by atoms with Gasteiger partial charge in [0.1, 0.15) is 5.82 Å². The zero-order valence-corrected chi connectivity index (χ0v) is 14.4. The number of halogens is 1. The molecule has 0 saturated carbocycles. The van der Waals surface area contributed by atoms with Gasteiger partial charge in [-0.2, -0.15) is 5.26 Å². The van der Waals surface area contributed by atoms with Gasteiger partial charge in [-0.1, -0.05) is 36.4 Å². The molecule has 0 aliphatic rings. The summed E-state index contributed by atoms with van der Waals surface area (Å²) in [4.78, 5) is 0. The van der Waals surface area contributed by atoms with Crippen molar-refractivity contribution >= 4 is 33.5 Å². The highest BCUT2D eigenvalue weighted by molar-refractivity contribution is 6.09. The summed E-state index contributed by atoms with van der Waals surface area (Å²) in [6.45, 7) is 3.04. The minimum atomic E-state index is -0.306. The number of rotatable bonds is 3. The lowest BCUT2D eigenvalue weighted by atomic mass is 10.0. The Labute approximate surface area is 151 Å². The number of para-hydroxylation sites is 1. The molecule has 1 aromatic heterocycles. The summed E-state index contributed by atoms with van der Waals surface area (Å²) in [6, 6.07) is 22.8.